The highest BCUT2D eigenvalue weighted by Crippen LogP contribution is 2.12. The summed E-state index contributed by atoms with van der Waals surface area (Å²) in [5.74, 6) is -1.76. The van der Waals surface area contributed by atoms with Crippen molar-refractivity contribution in [1.29, 1.82) is 0 Å². The number of rotatable bonds is 8. The van der Waals surface area contributed by atoms with Crippen molar-refractivity contribution in [3.63, 3.8) is 0 Å². The van der Waals surface area contributed by atoms with E-state index >= 15 is 0 Å². The Balaban J connectivity index is 3.15. The van der Waals surface area contributed by atoms with Crippen molar-refractivity contribution < 1.29 is 14.7 Å². The normalized spacial score (nSPS) is 10.8. The van der Waals surface area contributed by atoms with Crippen LogP contribution in [0.1, 0.15) is 15.9 Å². The van der Waals surface area contributed by atoms with E-state index in [0.717, 1.165) is 5.56 Å². The van der Waals surface area contributed by atoms with Crippen LogP contribution >= 0.6 is 0 Å². The summed E-state index contributed by atoms with van der Waals surface area (Å²) in [6.07, 6.45) is 4.61. The molecule has 0 amide bonds. The van der Waals surface area contributed by atoms with E-state index in [9.17, 15) is 14.7 Å². The number of ketones is 1. The van der Waals surface area contributed by atoms with Crippen LogP contribution in [0.25, 0.3) is 0 Å². The molecular weight excluding hydrogens is 266 g/mol. The van der Waals surface area contributed by atoms with Crippen molar-refractivity contribution in [2.45, 2.75) is 6.92 Å². The van der Waals surface area contributed by atoms with E-state index in [-0.39, 0.29) is 5.57 Å². The lowest BCUT2D eigenvalue weighted by atomic mass is 10.0. The Morgan fingerprint density at radius 3 is 2.33 bits per heavy atom. The van der Waals surface area contributed by atoms with Crippen molar-refractivity contribution in [2.75, 3.05) is 13.1 Å². The fourth-order valence-electron chi connectivity index (χ4n) is 1.85. The summed E-state index contributed by atoms with van der Waals surface area (Å²) < 4.78 is 0. The lowest BCUT2D eigenvalue weighted by Gasteiger charge is -2.17. The molecule has 0 fully saturated rings. The van der Waals surface area contributed by atoms with Gasteiger partial charge in [-0.2, -0.15) is 0 Å². The van der Waals surface area contributed by atoms with Crippen LogP contribution in [0.5, 0.6) is 0 Å². The Kier molecular flexibility index (Phi) is 6.14. The fraction of sp³-hybridized carbons (Fsp3) is 0.176. The van der Waals surface area contributed by atoms with Crippen LogP contribution < -0.4 is 0 Å². The molecule has 4 nitrogen and oxygen atoms in total. The summed E-state index contributed by atoms with van der Waals surface area (Å²) in [6, 6.07) is 6.86. The largest absolute Gasteiger partial charge is 0.477 e. The van der Waals surface area contributed by atoms with Gasteiger partial charge in [-0.3, -0.25) is 4.79 Å². The predicted molar refractivity (Wildman–Crippen MR) is 83.2 cm³/mol. The number of aryl methyl sites for hydroxylation is 1. The maximum Gasteiger partial charge on any atom is 0.341 e. The molecule has 0 saturated carbocycles. The second-order valence-electron chi connectivity index (χ2n) is 4.58. The van der Waals surface area contributed by atoms with Crippen LogP contribution in [-0.4, -0.2) is 34.8 Å². The van der Waals surface area contributed by atoms with E-state index in [2.05, 4.69) is 13.2 Å². The van der Waals surface area contributed by atoms with Gasteiger partial charge in [0, 0.05) is 24.9 Å². The molecule has 1 N–H and O–H groups in total. The molecular formula is C17H19NO3. The molecule has 1 aromatic rings. The van der Waals surface area contributed by atoms with Gasteiger partial charge in [-0.25, -0.2) is 4.79 Å². The number of aliphatic carboxylic acids is 1. The fourth-order valence-corrected chi connectivity index (χ4v) is 1.85. The van der Waals surface area contributed by atoms with Gasteiger partial charge in [-0.05, 0) is 13.0 Å². The van der Waals surface area contributed by atoms with Crippen molar-refractivity contribution >= 4 is 11.8 Å². The second-order valence-corrected chi connectivity index (χ2v) is 4.58. The molecule has 1 aromatic carbocycles. The lowest BCUT2D eigenvalue weighted by Crippen LogP contribution is -2.22. The highest BCUT2D eigenvalue weighted by atomic mass is 16.4. The van der Waals surface area contributed by atoms with Crippen LogP contribution in [0.3, 0.4) is 0 Å². The van der Waals surface area contributed by atoms with Crippen LogP contribution in [0.4, 0.5) is 0 Å². The molecule has 0 aliphatic rings. The predicted octanol–water partition coefficient (Wildman–Crippen LogP) is 2.82. The molecule has 0 heterocycles. The molecule has 21 heavy (non-hydrogen) atoms. The second kappa shape index (κ2) is 7.85. The van der Waals surface area contributed by atoms with Gasteiger partial charge in [0.2, 0.25) is 5.78 Å². The van der Waals surface area contributed by atoms with Crippen molar-refractivity contribution in [3.05, 3.63) is 72.5 Å². The first-order chi connectivity index (χ1) is 9.99. The van der Waals surface area contributed by atoms with Gasteiger partial charge in [0.15, 0.2) is 0 Å². The van der Waals surface area contributed by atoms with Gasteiger partial charge < -0.3 is 10.0 Å². The minimum absolute atomic E-state index is 0.274. The van der Waals surface area contributed by atoms with Crippen LogP contribution in [0.15, 0.2) is 61.3 Å². The Hall–Kier alpha value is -2.62. The monoisotopic (exact) mass is 285 g/mol. The standard InChI is InChI=1S/C17H19NO3/c1-4-9-18(10-5-2)12-15(17(20)21)16(19)14-8-6-7-13(3)11-14/h4-8,11-12H,1-2,9-10H2,3H3,(H,20,21). The first kappa shape index (κ1) is 16.4. The molecule has 0 spiro atoms. The number of benzene rings is 1. The van der Waals surface area contributed by atoms with Crippen molar-refractivity contribution in [3.8, 4) is 0 Å². The summed E-state index contributed by atoms with van der Waals surface area (Å²) in [5.41, 5.74) is 0.990. The minimum atomic E-state index is -1.25. The molecule has 0 saturated heterocycles. The van der Waals surface area contributed by atoms with Gasteiger partial charge in [0.25, 0.3) is 0 Å². The zero-order valence-electron chi connectivity index (χ0n) is 12.1. The summed E-state index contributed by atoms with van der Waals surface area (Å²) in [6.45, 7) is 9.94. The third kappa shape index (κ3) is 4.76. The molecule has 0 aliphatic heterocycles. The maximum atomic E-state index is 12.4. The van der Waals surface area contributed by atoms with Crippen molar-refractivity contribution in [1.82, 2.24) is 4.90 Å². The zero-order valence-corrected chi connectivity index (χ0v) is 12.1. The van der Waals surface area contributed by atoms with Gasteiger partial charge >= 0.3 is 5.97 Å². The third-order valence-corrected chi connectivity index (χ3v) is 2.79. The SMILES string of the molecule is C=CCN(C=C(C(=O)O)C(=O)c1cccc(C)c1)CC=C. The maximum absolute atomic E-state index is 12.4. The van der Waals surface area contributed by atoms with Crippen LogP contribution in [0.2, 0.25) is 0 Å². The quantitative estimate of drug-likeness (QED) is 0.262. The Bertz CT molecular complexity index is 577. The van der Waals surface area contributed by atoms with Gasteiger partial charge in [-0.15, -0.1) is 13.2 Å². The Labute approximate surface area is 124 Å². The molecule has 0 atom stereocenters. The number of Topliss-reactive ketones (excluding diaryl/α,β-unsaturated/α-hetero) is 1. The van der Waals surface area contributed by atoms with Crippen molar-refractivity contribution in [2.24, 2.45) is 0 Å². The van der Waals surface area contributed by atoms with Crippen LogP contribution in [0, 0.1) is 6.92 Å². The zero-order chi connectivity index (χ0) is 15.8. The lowest BCUT2D eigenvalue weighted by molar-refractivity contribution is -0.132. The first-order valence-electron chi connectivity index (χ1n) is 6.52. The number of carbonyl (C=O) groups is 2. The first-order valence-corrected chi connectivity index (χ1v) is 6.52. The smallest absolute Gasteiger partial charge is 0.341 e. The summed E-state index contributed by atoms with van der Waals surface area (Å²) in [4.78, 5) is 25.4. The number of hydrogen-bond donors (Lipinski definition) is 1. The number of carbonyl (C=O) groups excluding carboxylic acids is 1. The van der Waals surface area contributed by atoms with E-state index in [0.29, 0.717) is 18.7 Å². The Morgan fingerprint density at radius 1 is 1.24 bits per heavy atom. The molecule has 4 heteroatoms. The highest BCUT2D eigenvalue weighted by Gasteiger charge is 2.20. The van der Waals surface area contributed by atoms with Gasteiger partial charge in [-0.1, -0.05) is 35.9 Å². The van der Waals surface area contributed by atoms with Gasteiger partial charge in [0.1, 0.15) is 5.57 Å². The number of nitrogens with zero attached hydrogens (tertiary/aromatic N) is 1. The molecule has 0 aromatic heterocycles. The molecule has 0 unspecified atom stereocenters. The highest BCUT2D eigenvalue weighted by molar-refractivity contribution is 6.23. The van der Waals surface area contributed by atoms with E-state index in [1.807, 2.05) is 13.0 Å². The van der Waals surface area contributed by atoms with Crippen LogP contribution in [-0.2, 0) is 4.79 Å². The number of hydrogen-bond acceptors (Lipinski definition) is 3. The summed E-state index contributed by atoms with van der Waals surface area (Å²) in [7, 11) is 0. The van der Waals surface area contributed by atoms with Gasteiger partial charge in [0.05, 0.1) is 0 Å². The average Bonchev–Trinajstić information content (AvgIpc) is 2.44. The summed E-state index contributed by atoms with van der Waals surface area (Å²) in [5, 5.41) is 9.29. The number of carboxylic acids is 1. The average molecular weight is 285 g/mol. The molecule has 110 valence electrons. The minimum Gasteiger partial charge on any atom is -0.477 e. The van der Waals surface area contributed by atoms with E-state index in [1.165, 1.54) is 6.20 Å². The molecule has 0 bridgehead atoms. The Morgan fingerprint density at radius 2 is 1.86 bits per heavy atom. The van der Waals surface area contributed by atoms with E-state index < -0.39 is 11.8 Å². The van der Waals surface area contributed by atoms with E-state index in [1.54, 1.807) is 35.3 Å². The topological polar surface area (TPSA) is 57.6 Å². The van der Waals surface area contributed by atoms with E-state index in [4.69, 9.17) is 0 Å². The molecule has 0 radical (unpaired) electrons. The molecule has 1 rings (SSSR count). The summed E-state index contributed by atoms with van der Waals surface area (Å²) >= 11 is 0. The molecule has 0 aliphatic carbocycles. The third-order valence-electron chi connectivity index (χ3n) is 2.79. The number of carboxylic acid groups (broad SMARTS) is 1.